The molecule has 0 unspecified atom stereocenters. The van der Waals surface area contributed by atoms with Gasteiger partial charge in [-0.1, -0.05) is 36.5 Å². The average Bonchev–Trinajstić information content (AvgIpc) is 3.43. The number of rotatable bonds is 6. The fourth-order valence-electron chi connectivity index (χ4n) is 3.55. The summed E-state index contributed by atoms with van der Waals surface area (Å²) in [6, 6.07) is 15.7. The third-order valence-electron chi connectivity index (χ3n) is 5.24. The van der Waals surface area contributed by atoms with Crippen LogP contribution in [0, 0.1) is 0 Å². The number of anilines is 1. The van der Waals surface area contributed by atoms with E-state index in [2.05, 4.69) is 24.0 Å². The van der Waals surface area contributed by atoms with E-state index in [1.54, 1.807) is 28.6 Å². The summed E-state index contributed by atoms with van der Waals surface area (Å²) in [6.45, 7) is 2.76. The summed E-state index contributed by atoms with van der Waals surface area (Å²) in [5, 5.41) is 0.692. The molecule has 0 spiro atoms. The number of nitrogens with zero attached hydrogens (tertiary/aromatic N) is 3. The van der Waals surface area contributed by atoms with Gasteiger partial charge in [-0.2, -0.15) is 0 Å². The number of aryl methyl sites for hydroxylation is 1. The standard InChI is InChI=1S/C24H21N3O3S/c1-2-16-5-7-19-22(11-16)31-24(26-19)27(14-18-4-3-9-25-13-18)23(28)12-17-6-8-20-21(10-17)30-15-29-20/h3-11,13H,2,12,14-15H2,1H3. The Morgan fingerprint density at radius 3 is 2.77 bits per heavy atom. The molecule has 0 N–H and O–H groups in total. The third kappa shape index (κ3) is 4.09. The van der Waals surface area contributed by atoms with Crippen molar-refractivity contribution in [2.75, 3.05) is 11.7 Å². The van der Waals surface area contributed by atoms with Crippen LogP contribution >= 0.6 is 11.3 Å². The van der Waals surface area contributed by atoms with Crippen LogP contribution in [-0.2, 0) is 24.2 Å². The molecule has 0 saturated heterocycles. The number of aromatic nitrogens is 2. The molecule has 1 amide bonds. The molecule has 156 valence electrons. The Hall–Kier alpha value is -3.45. The number of thiazole rings is 1. The van der Waals surface area contributed by atoms with E-state index in [0.29, 0.717) is 23.2 Å². The van der Waals surface area contributed by atoms with Crippen molar-refractivity contribution in [1.82, 2.24) is 9.97 Å². The number of ether oxygens (including phenoxy) is 2. The van der Waals surface area contributed by atoms with E-state index in [0.717, 1.165) is 27.8 Å². The summed E-state index contributed by atoms with van der Waals surface area (Å²) in [6.07, 6.45) is 4.72. The van der Waals surface area contributed by atoms with Crippen molar-refractivity contribution in [2.45, 2.75) is 26.3 Å². The number of hydrogen-bond acceptors (Lipinski definition) is 6. The number of carbonyl (C=O) groups is 1. The summed E-state index contributed by atoms with van der Waals surface area (Å²) >= 11 is 1.54. The molecule has 0 aliphatic carbocycles. The number of amides is 1. The van der Waals surface area contributed by atoms with Crippen LogP contribution in [0.4, 0.5) is 5.13 Å². The first kappa shape index (κ1) is 19.5. The number of pyridine rings is 1. The number of carbonyl (C=O) groups excluding carboxylic acids is 1. The molecule has 0 atom stereocenters. The largest absolute Gasteiger partial charge is 0.454 e. The molecular weight excluding hydrogens is 410 g/mol. The first-order valence-corrected chi connectivity index (χ1v) is 11.0. The Morgan fingerprint density at radius 1 is 1.06 bits per heavy atom. The lowest BCUT2D eigenvalue weighted by Crippen LogP contribution is -2.31. The van der Waals surface area contributed by atoms with Crippen molar-refractivity contribution >= 4 is 32.6 Å². The van der Waals surface area contributed by atoms with Gasteiger partial charge in [0.25, 0.3) is 0 Å². The van der Waals surface area contributed by atoms with Gasteiger partial charge in [-0.05, 0) is 53.4 Å². The van der Waals surface area contributed by atoms with Crippen molar-refractivity contribution in [3.63, 3.8) is 0 Å². The van der Waals surface area contributed by atoms with Crippen LogP contribution in [-0.4, -0.2) is 22.7 Å². The van der Waals surface area contributed by atoms with Crippen LogP contribution in [0.2, 0.25) is 0 Å². The van der Waals surface area contributed by atoms with Gasteiger partial charge in [-0.3, -0.25) is 14.7 Å². The Bertz CT molecular complexity index is 1240. The van der Waals surface area contributed by atoms with E-state index >= 15 is 0 Å². The van der Waals surface area contributed by atoms with E-state index in [1.165, 1.54) is 5.56 Å². The van der Waals surface area contributed by atoms with Crippen molar-refractivity contribution in [1.29, 1.82) is 0 Å². The SMILES string of the molecule is CCc1ccc2nc(N(Cc3cccnc3)C(=O)Cc3ccc4c(c3)OCO4)sc2c1. The van der Waals surface area contributed by atoms with Crippen molar-refractivity contribution < 1.29 is 14.3 Å². The molecule has 0 fully saturated rings. The predicted molar refractivity (Wildman–Crippen MR) is 121 cm³/mol. The van der Waals surface area contributed by atoms with Gasteiger partial charge in [0.1, 0.15) is 0 Å². The van der Waals surface area contributed by atoms with Gasteiger partial charge in [0, 0.05) is 12.4 Å². The molecule has 0 saturated carbocycles. The molecule has 0 bridgehead atoms. The van der Waals surface area contributed by atoms with Gasteiger partial charge in [-0.15, -0.1) is 0 Å². The number of benzene rings is 2. The van der Waals surface area contributed by atoms with Crippen molar-refractivity contribution in [2.24, 2.45) is 0 Å². The number of hydrogen-bond donors (Lipinski definition) is 0. The molecular formula is C24H21N3O3S. The van der Waals surface area contributed by atoms with E-state index < -0.39 is 0 Å². The zero-order valence-corrected chi connectivity index (χ0v) is 17.9. The molecule has 5 rings (SSSR count). The van der Waals surface area contributed by atoms with Gasteiger partial charge < -0.3 is 9.47 Å². The fraction of sp³-hybridized carbons (Fsp3) is 0.208. The summed E-state index contributed by atoms with van der Waals surface area (Å²) in [5.41, 5.74) is 3.99. The molecule has 6 nitrogen and oxygen atoms in total. The van der Waals surface area contributed by atoms with Crippen LogP contribution in [0.1, 0.15) is 23.6 Å². The highest BCUT2D eigenvalue weighted by molar-refractivity contribution is 7.22. The molecule has 3 heterocycles. The van der Waals surface area contributed by atoms with E-state index in [9.17, 15) is 4.79 Å². The van der Waals surface area contributed by atoms with Crippen LogP contribution in [0.3, 0.4) is 0 Å². The maximum Gasteiger partial charge on any atom is 0.233 e. The van der Waals surface area contributed by atoms with Gasteiger partial charge in [0.05, 0.1) is 23.2 Å². The van der Waals surface area contributed by atoms with Crippen molar-refractivity contribution in [3.05, 3.63) is 77.6 Å². The van der Waals surface area contributed by atoms with Gasteiger partial charge in [0.15, 0.2) is 16.6 Å². The van der Waals surface area contributed by atoms with Gasteiger partial charge >= 0.3 is 0 Å². The second-order valence-electron chi connectivity index (χ2n) is 7.36. The molecule has 2 aromatic carbocycles. The van der Waals surface area contributed by atoms with E-state index in [4.69, 9.17) is 14.5 Å². The zero-order chi connectivity index (χ0) is 21.2. The first-order chi connectivity index (χ1) is 15.2. The van der Waals surface area contributed by atoms with Crippen LogP contribution in [0.25, 0.3) is 10.2 Å². The molecule has 0 radical (unpaired) electrons. The van der Waals surface area contributed by atoms with Crippen molar-refractivity contribution in [3.8, 4) is 11.5 Å². The Morgan fingerprint density at radius 2 is 1.94 bits per heavy atom. The molecule has 4 aromatic rings. The average molecular weight is 432 g/mol. The molecule has 1 aliphatic rings. The van der Waals surface area contributed by atoms with Gasteiger partial charge in [-0.25, -0.2) is 4.98 Å². The summed E-state index contributed by atoms with van der Waals surface area (Å²) in [4.78, 5) is 24.1. The Labute approximate surface area is 184 Å². The topological polar surface area (TPSA) is 64.6 Å². The van der Waals surface area contributed by atoms with E-state index in [-0.39, 0.29) is 19.1 Å². The lowest BCUT2D eigenvalue weighted by Gasteiger charge is -2.20. The smallest absolute Gasteiger partial charge is 0.233 e. The normalized spacial score (nSPS) is 12.3. The zero-order valence-electron chi connectivity index (χ0n) is 17.1. The lowest BCUT2D eigenvalue weighted by atomic mass is 10.1. The minimum Gasteiger partial charge on any atom is -0.454 e. The summed E-state index contributed by atoms with van der Waals surface area (Å²) in [5.74, 6) is 1.36. The highest BCUT2D eigenvalue weighted by Gasteiger charge is 2.22. The van der Waals surface area contributed by atoms with Crippen LogP contribution < -0.4 is 14.4 Å². The lowest BCUT2D eigenvalue weighted by molar-refractivity contribution is -0.118. The molecule has 7 heteroatoms. The maximum absolute atomic E-state index is 13.4. The molecule has 2 aromatic heterocycles. The summed E-state index contributed by atoms with van der Waals surface area (Å²) in [7, 11) is 0. The van der Waals surface area contributed by atoms with Gasteiger partial charge in [0.2, 0.25) is 12.7 Å². The predicted octanol–water partition coefficient (Wildman–Crippen LogP) is 4.76. The number of fused-ring (bicyclic) bond motifs is 2. The van der Waals surface area contributed by atoms with Crippen LogP contribution in [0.15, 0.2) is 60.9 Å². The highest BCUT2D eigenvalue weighted by atomic mass is 32.1. The second-order valence-corrected chi connectivity index (χ2v) is 8.37. The summed E-state index contributed by atoms with van der Waals surface area (Å²) < 4.78 is 11.9. The Balaban J connectivity index is 1.47. The molecule has 31 heavy (non-hydrogen) atoms. The monoisotopic (exact) mass is 431 g/mol. The quantitative estimate of drug-likeness (QED) is 0.440. The Kier molecular flexibility index (Phi) is 5.26. The molecule has 1 aliphatic heterocycles. The first-order valence-electron chi connectivity index (χ1n) is 10.2. The van der Waals surface area contributed by atoms with Crippen LogP contribution in [0.5, 0.6) is 11.5 Å². The highest BCUT2D eigenvalue weighted by Crippen LogP contribution is 2.34. The minimum absolute atomic E-state index is 0.0301. The third-order valence-corrected chi connectivity index (χ3v) is 6.28. The van der Waals surface area contributed by atoms with E-state index in [1.807, 2.05) is 36.4 Å². The minimum atomic E-state index is -0.0301. The second kappa shape index (κ2) is 8.35. The maximum atomic E-state index is 13.4. The fourth-order valence-corrected chi connectivity index (χ4v) is 4.60.